The maximum atomic E-state index is 11.6. The normalized spacial score (nSPS) is 12.6. The van der Waals surface area contributed by atoms with E-state index in [-0.39, 0.29) is 5.41 Å². The lowest BCUT2D eigenvalue weighted by Gasteiger charge is -2.20. The minimum atomic E-state index is -0.944. The fourth-order valence-electron chi connectivity index (χ4n) is 2.81. The van der Waals surface area contributed by atoms with Crippen LogP contribution in [0.25, 0.3) is 0 Å². The van der Waals surface area contributed by atoms with Crippen LogP contribution in [0, 0.1) is 0 Å². The Balaban J connectivity index is 2.03. The van der Waals surface area contributed by atoms with Crippen molar-refractivity contribution in [2.75, 3.05) is 0 Å². The van der Waals surface area contributed by atoms with Gasteiger partial charge in [-0.15, -0.1) is 0 Å². The summed E-state index contributed by atoms with van der Waals surface area (Å²) >= 11 is 0. The minimum absolute atomic E-state index is 0.0598. The number of unbranched alkanes of at least 4 members (excludes halogenated alkanes) is 1. The van der Waals surface area contributed by atoms with Gasteiger partial charge in [-0.2, -0.15) is 0 Å². The van der Waals surface area contributed by atoms with Crippen LogP contribution in [0.2, 0.25) is 0 Å². The third kappa shape index (κ3) is 5.91. The first-order valence-corrected chi connectivity index (χ1v) is 9.37. The Morgan fingerprint density at radius 3 is 2.08 bits per heavy atom. The smallest absolute Gasteiger partial charge is 0.345 e. The second-order valence-electron chi connectivity index (χ2n) is 7.84. The summed E-state index contributed by atoms with van der Waals surface area (Å²) < 4.78 is 5.74. The van der Waals surface area contributed by atoms with Crippen molar-refractivity contribution in [1.29, 1.82) is 0 Å². The van der Waals surface area contributed by atoms with Gasteiger partial charge >= 0.3 is 5.97 Å². The van der Waals surface area contributed by atoms with E-state index in [0.29, 0.717) is 12.2 Å². The predicted octanol–water partition coefficient (Wildman–Crippen LogP) is 5.40. The highest BCUT2D eigenvalue weighted by atomic mass is 16.5. The summed E-state index contributed by atoms with van der Waals surface area (Å²) in [7, 11) is 0. The molecule has 2 aromatic carbocycles. The Hall–Kier alpha value is -2.29. The molecule has 0 saturated heterocycles. The third-order valence-corrected chi connectivity index (χ3v) is 4.54. The van der Waals surface area contributed by atoms with Crippen LogP contribution in [-0.2, 0) is 23.1 Å². The van der Waals surface area contributed by atoms with E-state index in [0.717, 1.165) is 12.0 Å². The molecule has 0 aliphatic rings. The van der Waals surface area contributed by atoms with Crippen LogP contribution in [0.15, 0.2) is 48.5 Å². The Kier molecular flexibility index (Phi) is 6.84. The topological polar surface area (TPSA) is 46.5 Å². The van der Waals surface area contributed by atoms with Crippen LogP contribution < -0.4 is 4.74 Å². The summed E-state index contributed by atoms with van der Waals surface area (Å²) in [6.45, 7) is 8.62. The molecule has 3 nitrogen and oxygen atoms in total. The maximum Gasteiger partial charge on any atom is 0.345 e. The molecule has 0 fully saturated rings. The number of ether oxygens (including phenoxy) is 1. The molecule has 1 unspecified atom stereocenters. The number of hydrogen-bond donors (Lipinski definition) is 1. The number of carboxylic acid groups (broad SMARTS) is 1. The molecule has 0 radical (unpaired) electrons. The molecule has 0 amide bonds. The Morgan fingerprint density at radius 1 is 1.00 bits per heavy atom. The SMILES string of the molecule is CCCCc1ccc(CC(Oc2ccc(C(C)(C)C)cc2)C(=O)O)cc1. The first-order valence-electron chi connectivity index (χ1n) is 9.37. The molecule has 140 valence electrons. The number of benzene rings is 2. The van der Waals surface area contributed by atoms with Gasteiger partial charge in [0, 0.05) is 6.42 Å². The van der Waals surface area contributed by atoms with Gasteiger partial charge in [0.1, 0.15) is 5.75 Å². The molecular weight excluding hydrogens is 324 g/mol. The van der Waals surface area contributed by atoms with Crippen LogP contribution in [0.4, 0.5) is 0 Å². The monoisotopic (exact) mass is 354 g/mol. The first kappa shape index (κ1) is 20.0. The van der Waals surface area contributed by atoms with Crippen LogP contribution in [0.3, 0.4) is 0 Å². The van der Waals surface area contributed by atoms with Gasteiger partial charge < -0.3 is 9.84 Å². The number of rotatable bonds is 8. The largest absolute Gasteiger partial charge is 0.478 e. The average Bonchev–Trinajstić information content (AvgIpc) is 2.60. The highest BCUT2D eigenvalue weighted by Gasteiger charge is 2.21. The lowest BCUT2D eigenvalue weighted by Crippen LogP contribution is -2.29. The summed E-state index contributed by atoms with van der Waals surface area (Å²) in [5.74, 6) is -0.357. The fourth-order valence-corrected chi connectivity index (χ4v) is 2.81. The second kappa shape index (κ2) is 8.88. The highest BCUT2D eigenvalue weighted by molar-refractivity contribution is 5.73. The van der Waals surface area contributed by atoms with Crippen molar-refractivity contribution in [1.82, 2.24) is 0 Å². The van der Waals surface area contributed by atoms with Crippen molar-refractivity contribution in [2.45, 2.75) is 64.9 Å². The van der Waals surface area contributed by atoms with Crippen molar-refractivity contribution in [3.63, 3.8) is 0 Å². The summed E-state index contributed by atoms with van der Waals surface area (Å²) in [6, 6.07) is 15.9. The zero-order chi connectivity index (χ0) is 19.2. The number of carbonyl (C=O) groups is 1. The molecule has 0 saturated carbocycles. The molecule has 0 aromatic heterocycles. The van der Waals surface area contributed by atoms with Crippen molar-refractivity contribution in [2.24, 2.45) is 0 Å². The standard InChI is InChI=1S/C23H30O3/c1-5-6-7-17-8-10-18(11-9-17)16-21(22(24)25)26-20-14-12-19(13-15-20)23(2,3)4/h8-15,21H,5-7,16H2,1-4H3,(H,24,25). The number of aliphatic carboxylic acids is 1. The Labute approximate surface area is 157 Å². The molecule has 1 N–H and O–H groups in total. The molecule has 0 aliphatic heterocycles. The van der Waals surface area contributed by atoms with Gasteiger partial charge in [0.2, 0.25) is 0 Å². The molecule has 1 atom stereocenters. The van der Waals surface area contributed by atoms with Crippen molar-refractivity contribution < 1.29 is 14.6 Å². The second-order valence-corrected chi connectivity index (χ2v) is 7.84. The van der Waals surface area contributed by atoms with E-state index in [1.165, 1.54) is 24.0 Å². The summed E-state index contributed by atoms with van der Waals surface area (Å²) in [5.41, 5.74) is 3.52. The van der Waals surface area contributed by atoms with Gasteiger partial charge in [-0.3, -0.25) is 0 Å². The lowest BCUT2D eigenvalue weighted by atomic mass is 9.87. The van der Waals surface area contributed by atoms with Gasteiger partial charge in [-0.05, 0) is 47.1 Å². The van der Waals surface area contributed by atoms with E-state index in [4.69, 9.17) is 4.74 Å². The molecule has 0 spiro atoms. The van der Waals surface area contributed by atoms with Crippen molar-refractivity contribution >= 4 is 5.97 Å². The van der Waals surface area contributed by atoms with Gasteiger partial charge in [-0.25, -0.2) is 4.79 Å². The summed E-state index contributed by atoms with van der Waals surface area (Å²) in [5, 5.41) is 9.53. The van der Waals surface area contributed by atoms with Gasteiger partial charge in [0.05, 0.1) is 0 Å². The maximum absolute atomic E-state index is 11.6. The van der Waals surface area contributed by atoms with Crippen LogP contribution in [0.5, 0.6) is 5.75 Å². The molecule has 3 heteroatoms. The first-order chi connectivity index (χ1) is 12.3. The molecule has 0 bridgehead atoms. The van der Waals surface area contributed by atoms with E-state index in [2.05, 4.69) is 39.8 Å². The highest BCUT2D eigenvalue weighted by Crippen LogP contribution is 2.25. The van der Waals surface area contributed by atoms with Gasteiger partial charge in [-0.1, -0.05) is 70.5 Å². The molecule has 0 aliphatic carbocycles. The van der Waals surface area contributed by atoms with E-state index in [1.54, 1.807) is 0 Å². The molecule has 0 heterocycles. The molecular formula is C23H30O3. The molecule has 2 rings (SSSR count). The van der Waals surface area contributed by atoms with Gasteiger partial charge in [0.15, 0.2) is 6.10 Å². The minimum Gasteiger partial charge on any atom is -0.478 e. The van der Waals surface area contributed by atoms with Gasteiger partial charge in [0.25, 0.3) is 0 Å². The van der Waals surface area contributed by atoms with E-state index in [1.807, 2.05) is 36.4 Å². The molecule has 2 aromatic rings. The van der Waals surface area contributed by atoms with Crippen LogP contribution in [-0.4, -0.2) is 17.2 Å². The molecule has 26 heavy (non-hydrogen) atoms. The van der Waals surface area contributed by atoms with E-state index in [9.17, 15) is 9.90 Å². The van der Waals surface area contributed by atoms with Crippen LogP contribution >= 0.6 is 0 Å². The number of aryl methyl sites for hydroxylation is 1. The van der Waals surface area contributed by atoms with Crippen molar-refractivity contribution in [3.05, 3.63) is 65.2 Å². The summed E-state index contributed by atoms with van der Waals surface area (Å²) in [6.07, 6.45) is 2.87. The average molecular weight is 354 g/mol. The fraction of sp³-hybridized carbons (Fsp3) is 0.435. The van der Waals surface area contributed by atoms with Crippen molar-refractivity contribution in [3.8, 4) is 5.75 Å². The lowest BCUT2D eigenvalue weighted by molar-refractivity contribution is -0.145. The van der Waals surface area contributed by atoms with E-state index >= 15 is 0 Å². The van der Waals surface area contributed by atoms with Crippen LogP contribution in [0.1, 0.15) is 57.2 Å². The summed E-state index contributed by atoms with van der Waals surface area (Å²) in [4.78, 5) is 11.6. The Morgan fingerprint density at radius 2 is 1.58 bits per heavy atom. The predicted molar refractivity (Wildman–Crippen MR) is 106 cm³/mol. The zero-order valence-corrected chi connectivity index (χ0v) is 16.3. The quantitative estimate of drug-likeness (QED) is 0.690. The number of hydrogen-bond acceptors (Lipinski definition) is 2. The Bertz CT molecular complexity index is 694. The van der Waals surface area contributed by atoms with E-state index < -0.39 is 12.1 Å². The number of carboxylic acids is 1. The third-order valence-electron chi connectivity index (χ3n) is 4.54. The zero-order valence-electron chi connectivity index (χ0n) is 16.3.